The average Bonchev–Trinajstić information content (AvgIpc) is 2.36. The molecule has 6 nitrogen and oxygen atoms in total. The highest BCUT2D eigenvalue weighted by Gasteiger charge is 2.28. The van der Waals surface area contributed by atoms with Crippen LogP contribution in [0.3, 0.4) is 0 Å². The Morgan fingerprint density at radius 3 is 2.63 bits per heavy atom. The third-order valence-corrected chi connectivity index (χ3v) is 3.82. The van der Waals surface area contributed by atoms with Gasteiger partial charge in [0.25, 0.3) is 0 Å². The summed E-state index contributed by atoms with van der Waals surface area (Å²) in [5, 5.41) is 2.71. The molecule has 1 heterocycles. The Morgan fingerprint density at radius 2 is 2.00 bits per heavy atom. The molecule has 1 aliphatic heterocycles. The van der Waals surface area contributed by atoms with Crippen LogP contribution in [0.4, 0.5) is 0 Å². The lowest BCUT2D eigenvalue weighted by Crippen LogP contribution is -2.23. The largest absolute Gasteiger partial charge is 0.486 e. The first-order valence-corrected chi connectivity index (χ1v) is 7.64. The number of benzene rings is 1. The smallest absolute Gasteiger partial charge is 0.180 e. The summed E-state index contributed by atoms with van der Waals surface area (Å²) in [4.78, 5) is 11.9. The average molecular weight is 285 g/mol. The highest BCUT2D eigenvalue weighted by molar-refractivity contribution is 7.91. The Kier molecular flexibility index (Phi) is 3.77. The minimum atomic E-state index is -3.59. The van der Waals surface area contributed by atoms with Crippen molar-refractivity contribution in [2.45, 2.75) is 4.90 Å². The molecule has 104 valence electrons. The summed E-state index contributed by atoms with van der Waals surface area (Å²) >= 11 is 0. The van der Waals surface area contributed by atoms with Gasteiger partial charge in [0.05, 0.1) is 6.54 Å². The van der Waals surface area contributed by atoms with Crippen LogP contribution in [0.5, 0.6) is 11.5 Å². The van der Waals surface area contributed by atoms with Crippen molar-refractivity contribution in [2.24, 2.45) is 0 Å². The van der Waals surface area contributed by atoms with Gasteiger partial charge in [-0.1, -0.05) is 0 Å². The molecule has 0 bridgehead atoms. The Morgan fingerprint density at radius 1 is 1.32 bits per heavy atom. The standard InChI is InChI=1S/C12H15NO5S/c1-13-7-9(14)8-3-4-10-11(18-6-5-17-10)12(8)19(2,15)16/h3-4,13H,5-7H2,1-2H3. The number of ketones is 1. The second-order valence-electron chi connectivity index (χ2n) is 4.19. The first kappa shape index (κ1) is 13.8. The van der Waals surface area contributed by atoms with Crippen LogP contribution in [0.25, 0.3) is 0 Å². The first-order valence-electron chi connectivity index (χ1n) is 5.75. The van der Waals surface area contributed by atoms with Gasteiger partial charge in [0, 0.05) is 11.8 Å². The molecule has 0 spiro atoms. The number of sulfone groups is 1. The number of nitrogens with one attached hydrogen (secondary N) is 1. The van der Waals surface area contributed by atoms with Crippen LogP contribution >= 0.6 is 0 Å². The van der Waals surface area contributed by atoms with Crippen molar-refractivity contribution in [2.75, 3.05) is 33.1 Å². The highest BCUT2D eigenvalue weighted by Crippen LogP contribution is 2.38. The highest BCUT2D eigenvalue weighted by atomic mass is 32.2. The zero-order valence-electron chi connectivity index (χ0n) is 10.7. The zero-order chi connectivity index (χ0) is 14.0. The van der Waals surface area contributed by atoms with Gasteiger partial charge in [-0.05, 0) is 19.2 Å². The molecular formula is C12H15NO5S. The van der Waals surface area contributed by atoms with Gasteiger partial charge in [0.15, 0.2) is 27.1 Å². The van der Waals surface area contributed by atoms with Crippen LogP contribution in [0.15, 0.2) is 17.0 Å². The van der Waals surface area contributed by atoms with E-state index in [0.29, 0.717) is 12.4 Å². The SMILES string of the molecule is CNCC(=O)c1ccc2c(c1S(C)(=O)=O)OCCO2. The minimum Gasteiger partial charge on any atom is -0.486 e. The molecule has 0 aromatic heterocycles. The number of carbonyl (C=O) groups is 1. The van der Waals surface area contributed by atoms with Gasteiger partial charge in [0.2, 0.25) is 0 Å². The number of rotatable bonds is 4. The summed E-state index contributed by atoms with van der Waals surface area (Å²) in [5.74, 6) is 0.184. The number of fused-ring (bicyclic) bond motifs is 1. The van der Waals surface area contributed by atoms with E-state index in [2.05, 4.69) is 5.32 Å². The lowest BCUT2D eigenvalue weighted by atomic mass is 10.1. The van der Waals surface area contributed by atoms with Crippen LogP contribution in [0.1, 0.15) is 10.4 Å². The fraction of sp³-hybridized carbons (Fsp3) is 0.417. The van der Waals surface area contributed by atoms with E-state index in [0.717, 1.165) is 6.26 Å². The monoisotopic (exact) mass is 285 g/mol. The number of hydrogen-bond acceptors (Lipinski definition) is 6. The van der Waals surface area contributed by atoms with E-state index < -0.39 is 9.84 Å². The molecule has 0 radical (unpaired) electrons. The van der Waals surface area contributed by atoms with Crippen molar-refractivity contribution >= 4 is 15.6 Å². The summed E-state index contributed by atoms with van der Waals surface area (Å²) in [6.07, 6.45) is 1.05. The Labute approximate surface area is 111 Å². The molecule has 0 saturated carbocycles. The number of carbonyl (C=O) groups excluding carboxylic acids is 1. The third kappa shape index (κ3) is 2.71. The third-order valence-electron chi connectivity index (χ3n) is 2.67. The summed E-state index contributed by atoms with van der Waals surface area (Å²) in [5.41, 5.74) is 0.126. The van der Waals surface area contributed by atoms with Gasteiger partial charge in [-0.15, -0.1) is 0 Å². The molecule has 2 rings (SSSR count). The molecule has 1 aromatic rings. The van der Waals surface area contributed by atoms with E-state index in [1.54, 1.807) is 13.1 Å². The van der Waals surface area contributed by atoms with Crippen molar-refractivity contribution in [3.05, 3.63) is 17.7 Å². The fourth-order valence-corrected chi connectivity index (χ4v) is 3.01. The van der Waals surface area contributed by atoms with Crippen LogP contribution in [0, 0.1) is 0 Å². The summed E-state index contributed by atoms with van der Waals surface area (Å²) in [6.45, 7) is 0.682. The van der Waals surface area contributed by atoms with Crippen molar-refractivity contribution in [3.63, 3.8) is 0 Å². The van der Waals surface area contributed by atoms with Crippen LogP contribution in [-0.2, 0) is 9.84 Å². The number of Topliss-reactive ketones (excluding diaryl/α,β-unsaturated/α-hetero) is 1. The second kappa shape index (κ2) is 5.18. The fourth-order valence-electron chi connectivity index (χ4n) is 1.93. The van der Waals surface area contributed by atoms with Gasteiger partial charge in [-0.3, -0.25) is 4.79 Å². The molecule has 1 aromatic carbocycles. The van der Waals surface area contributed by atoms with Crippen LogP contribution in [0.2, 0.25) is 0 Å². The van der Waals surface area contributed by atoms with Crippen LogP contribution < -0.4 is 14.8 Å². The molecular weight excluding hydrogens is 270 g/mol. The Bertz CT molecular complexity index is 609. The molecule has 1 N–H and O–H groups in total. The maximum Gasteiger partial charge on any atom is 0.180 e. The molecule has 0 aliphatic carbocycles. The summed E-state index contributed by atoms with van der Waals surface area (Å²) in [7, 11) is -1.97. The first-order chi connectivity index (χ1) is 8.95. The number of hydrogen-bond donors (Lipinski definition) is 1. The summed E-state index contributed by atoms with van der Waals surface area (Å²) < 4.78 is 34.6. The van der Waals surface area contributed by atoms with Crippen molar-refractivity contribution in [1.82, 2.24) is 5.32 Å². The summed E-state index contributed by atoms with van der Waals surface area (Å²) in [6, 6.07) is 3.02. The van der Waals surface area contributed by atoms with E-state index in [-0.39, 0.29) is 35.1 Å². The second-order valence-corrected chi connectivity index (χ2v) is 6.14. The normalized spacial score (nSPS) is 14.2. The lowest BCUT2D eigenvalue weighted by molar-refractivity contribution is 0.0988. The van der Waals surface area contributed by atoms with Crippen molar-refractivity contribution < 1.29 is 22.7 Å². The van der Waals surface area contributed by atoms with E-state index in [9.17, 15) is 13.2 Å². The molecule has 7 heteroatoms. The quantitative estimate of drug-likeness (QED) is 0.799. The van der Waals surface area contributed by atoms with E-state index in [4.69, 9.17) is 9.47 Å². The molecule has 0 atom stereocenters. The minimum absolute atomic E-state index is 0.0577. The van der Waals surface area contributed by atoms with E-state index in [1.165, 1.54) is 6.07 Å². The number of likely N-dealkylation sites (N-methyl/N-ethyl adjacent to an activating group) is 1. The zero-order valence-corrected chi connectivity index (χ0v) is 11.5. The van der Waals surface area contributed by atoms with Gasteiger partial charge in [0.1, 0.15) is 18.1 Å². The number of ether oxygens (including phenoxy) is 2. The molecule has 19 heavy (non-hydrogen) atoms. The van der Waals surface area contributed by atoms with Crippen molar-refractivity contribution in [1.29, 1.82) is 0 Å². The molecule has 0 unspecified atom stereocenters. The van der Waals surface area contributed by atoms with Gasteiger partial charge in [-0.25, -0.2) is 8.42 Å². The maximum atomic E-state index is 12.0. The molecule has 0 fully saturated rings. The topological polar surface area (TPSA) is 81.7 Å². The lowest BCUT2D eigenvalue weighted by Gasteiger charge is -2.22. The molecule has 0 saturated heterocycles. The Balaban J connectivity index is 2.65. The van der Waals surface area contributed by atoms with E-state index in [1.807, 2.05) is 0 Å². The predicted molar refractivity (Wildman–Crippen MR) is 68.8 cm³/mol. The molecule has 1 aliphatic rings. The van der Waals surface area contributed by atoms with Crippen LogP contribution in [-0.4, -0.2) is 47.3 Å². The van der Waals surface area contributed by atoms with Gasteiger partial charge >= 0.3 is 0 Å². The van der Waals surface area contributed by atoms with Gasteiger partial charge in [-0.2, -0.15) is 0 Å². The Hall–Kier alpha value is -1.60. The molecule has 0 amide bonds. The van der Waals surface area contributed by atoms with E-state index >= 15 is 0 Å². The maximum absolute atomic E-state index is 12.0. The predicted octanol–water partition coefficient (Wildman–Crippen LogP) is 0.263. The van der Waals surface area contributed by atoms with Gasteiger partial charge < -0.3 is 14.8 Å². The van der Waals surface area contributed by atoms with Crippen molar-refractivity contribution in [3.8, 4) is 11.5 Å².